The molecule has 0 aliphatic carbocycles. The lowest BCUT2D eigenvalue weighted by Crippen LogP contribution is -2.05. The number of rotatable bonds is 5. The van der Waals surface area contributed by atoms with Crippen LogP contribution in [0.3, 0.4) is 0 Å². The van der Waals surface area contributed by atoms with Crippen LogP contribution < -0.4 is 5.32 Å². The van der Waals surface area contributed by atoms with Crippen LogP contribution >= 0.6 is 11.8 Å². The van der Waals surface area contributed by atoms with Gasteiger partial charge in [0, 0.05) is 24.5 Å². The molecule has 0 bridgehead atoms. The smallest absolute Gasteiger partial charge is 0.187 e. The van der Waals surface area contributed by atoms with Crippen molar-refractivity contribution < 1.29 is 4.42 Å². The fourth-order valence-electron chi connectivity index (χ4n) is 1.24. The third-order valence-electron chi connectivity index (χ3n) is 1.99. The molecule has 1 N–H and O–H groups in total. The molecule has 0 aromatic carbocycles. The molecule has 2 heterocycles. The zero-order valence-corrected chi connectivity index (χ0v) is 9.83. The maximum atomic E-state index is 5.23. The van der Waals surface area contributed by atoms with Crippen LogP contribution in [0.15, 0.2) is 40.4 Å². The van der Waals surface area contributed by atoms with Crippen molar-refractivity contribution in [1.29, 1.82) is 0 Å². The van der Waals surface area contributed by atoms with Crippen molar-refractivity contribution in [3.8, 4) is 0 Å². The van der Waals surface area contributed by atoms with Gasteiger partial charge in [-0.2, -0.15) is 0 Å². The minimum Gasteiger partial charge on any atom is -0.468 e. The summed E-state index contributed by atoms with van der Waals surface area (Å²) >= 11 is 1.57. The Labute approximate surface area is 98.5 Å². The standard InChI is InChI=1S/C11H13N3OS/c1-12-5-9-6-13-11(14-7-9)16-8-10-3-2-4-15-10/h2-4,6-7,12H,5,8H2,1H3. The Morgan fingerprint density at radius 1 is 1.38 bits per heavy atom. The number of thioether (sulfide) groups is 1. The average Bonchev–Trinajstić information content (AvgIpc) is 2.82. The molecule has 2 aromatic rings. The summed E-state index contributed by atoms with van der Waals surface area (Å²) in [5.41, 5.74) is 1.09. The first-order valence-electron chi connectivity index (χ1n) is 4.99. The van der Waals surface area contributed by atoms with Crippen LogP contribution in [0.25, 0.3) is 0 Å². The van der Waals surface area contributed by atoms with Gasteiger partial charge in [0.05, 0.1) is 12.0 Å². The lowest BCUT2D eigenvalue weighted by atomic mass is 10.3. The highest BCUT2D eigenvalue weighted by atomic mass is 32.2. The number of nitrogens with one attached hydrogen (secondary N) is 1. The van der Waals surface area contributed by atoms with Crippen molar-refractivity contribution in [3.63, 3.8) is 0 Å². The zero-order valence-electron chi connectivity index (χ0n) is 9.01. The van der Waals surface area contributed by atoms with Gasteiger partial charge < -0.3 is 9.73 Å². The van der Waals surface area contributed by atoms with Crippen LogP contribution in [0, 0.1) is 0 Å². The van der Waals surface area contributed by atoms with E-state index >= 15 is 0 Å². The van der Waals surface area contributed by atoms with Crippen molar-refractivity contribution >= 4 is 11.8 Å². The molecule has 16 heavy (non-hydrogen) atoms. The van der Waals surface area contributed by atoms with Gasteiger partial charge in [0.1, 0.15) is 5.76 Å². The van der Waals surface area contributed by atoms with Crippen LogP contribution in [0.2, 0.25) is 0 Å². The lowest BCUT2D eigenvalue weighted by molar-refractivity contribution is 0.530. The minimum atomic E-state index is 0.762. The Bertz CT molecular complexity index is 413. The molecule has 0 saturated carbocycles. The SMILES string of the molecule is CNCc1cnc(SCc2ccco2)nc1. The van der Waals surface area contributed by atoms with Crippen molar-refractivity contribution in [3.05, 3.63) is 42.1 Å². The maximum absolute atomic E-state index is 5.23. The van der Waals surface area contributed by atoms with Gasteiger partial charge in [-0.05, 0) is 19.2 Å². The molecule has 0 amide bonds. The Hall–Kier alpha value is -1.33. The van der Waals surface area contributed by atoms with Gasteiger partial charge >= 0.3 is 0 Å². The van der Waals surface area contributed by atoms with Gasteiger partial charge in [0.2, 0.25) is 0 Å². The molecule has 5 heteroatoms. The summed E-state index contributed by atoms with van der Waals surface area (Å²) < 4.78 is 5.23. The molecule has 0 aliphatic rings. The zero-order chi connectivity index (χ0) is 11.2. The average molecular weight is 235 g/mol. The highest BCUT2D eigenvalue weighted by molar-refractivity contribution is 7.98. The molecule has 0 unspecified atom stereocenters. The van der Waals surface area contributed by atoms with Gasteiger partial charge in [-0.3, -0.25) is 0 Å². The summed E-state index contributed by atoms with van der Waals surface area (Å²) in [6.45, 7) is 0.795. The summed E-state index contributed by atoms with van der Waals surface area (Å²) in [5, 5.41) is 3.83. The fraction of sp³-hybridized carbons (Fsp3) is 0.273. The van der Waals surface area contributed by atoms with Crippen LogP contribution in [0.1, 0.15) is 11.3 Å². The molecule has 4 nitrogen and oxygen atoms in total. The van der Waals surface area contributed by atoms with Gasteiger partial charge in [0.15, 0.2) is 5.16 Å². The molecule has 0 atom stereocenters. The minimum absolute atomic E-state index is 0.762. The van der Waals surface area contributed by atoms with E-state index in [1.807, 2.05) is 31.6 Å². The van der Waals surface area contributed by atoms with E-state index < -0.39 is 0 Å². The third-order valence-corrected chi connectivity index (χ3v) is 2.88. The Morgan fingerprint density at radius 2 is 2.19 bits per heavy atom. The molecular weight excluding hydrogens is 222 g/mol. The normalized spacial score (nSPS) is 10.6. The second kappa shape index (κ2) is 5.67. The summed E-state index contributed by atoms with van der Waals surface area (Å²) in [5.74, 6) is 1.70. The predicted octanol–water partition coefficient (Wildman–Crippen LogP) is 2.08. The van der Waals surface area contributed by atoms with Crippen LogP contribution in [-0.4, -0.2) is 17.0 Å². The summed E-state index contributed by atoms with van der Waals surface area (Å²) in [6.07, 6.45) is 5.36. The Morgan fingerprint density at radius 3 is 2.81 bits per heavy atom. The fourth-order valence-corrected chi connectivity index (χ4v) is 1.93. The quantitative estimate of drug-likeness (QED) is 0.635. The van der Waals surface area contributed by atoms with E-state index in [2.05, 4.69) is 15.3 Å². The van der Waals surface area contributed by atoms with Gasteiger partial charge in [-0.25, -0.2) is 9.97 Å². The largest absolute Gasteiger partial charge is 0.468 e. The molecule has 2 rings (SSSR count). The van der Waals surface area contributed by atoms with E-state index in [0.717, 1.165) is 28.8 Å². The molecule has 0 radical (unpaired) electrons. The van der Waals surface area contributed by atoms with Crippen molar-refractivity contribution in [2.75, 3.05) is 7.05 Å². The Balaban J connectivity index is 1.90. The Kier molecular flexibility index (Phi) is 3.96. The third kappa shape index (κ3) is 3.08. The highest BCUT2D eigenvalue weighted by Gasteiger charge is 2.01. The van der Waals surface area contributed by atoms with E-state index in [-0.39, 0.29) is 0 Å². The van der Waals surface area contributed by atoms with Crippen molar-refractivity contribution in [2.45, 2.75) is 17.5 Å². The van der Waals surface area contributed by atoms with Crippen molar-refractivity contribution in [2.24, 2.45) is 0 Å². The van der Waals surface area contributed by atoms with E-state index in [4.69, 9.17) is 4.42 Å². The molecule has 0 aliphatic heterocycles. The van der Waals surface area contributed by atoms with Crippen LogP contribution in [-0.2, 0) is 12.3 Å². The molecule has 0 spiro atoms. The predicted molar refractivity (Wildman–Crippen MR) is 63.1 cm³/mol. The second-order valence-corrected chi connectivity index (χ2v) is 4.21. The number of furan rings is 1. The lowest BCUT2D eigenvalue weighted by Gasteiger charge is -2.00. The second-order valence-electron chi connectivity index (χ2n) is 3.27. The highest BCUT2D eigenvalue weighted by Crippen LogP contribution is 2.18. The molecule has 84 valence electrons. The first-order valence-corrected chi connectivity index (χ1v) is 5.98. The number of hydrogen-bond donors (Lipinski definition) is 1. The van der Waals surface area contributed by atoms with Crippen LogP contribution in [0.4, 0.5) is 0 Å². The van der Waals surface area contributed by atoms with E-state index in [9.17, 15) is 0 Å². The van der Waals surface area contributed by atoms with E-state index in [1.54, 1.807) is 18.0 Å². The molecule has 0 saturated heterocycles. The first-order chi connectivity index (χ1) is 7.88. The maximum Gasteiger partial charge on any atom is 0.187 e. The summed E-state index contributed by atoms with van der Waals surface area (Å²) in [7, 11) is 1.90. The topological polar surface area (TPSA) is 51.0 Å². The first kappa shape index (κ1) is 11.2. The number of nitrogens with zero attached hydrogens (tertiary/aromatic N) is 2. The number of hydrogen-bond acceptors (Lipinski definition) is 5. The van der Waals surface area contributed by atoms with E-state index in [1.165, 1.54) is 0 Å². The molecule has 0 fully saturated rings. The molecule has 2 aromatic heterocycles. The van der Waals surface area contributed by atoms with Crippen molar-refractivity contribution in [1.82, 2.24) is 15.3 Å². The summed E-state index contributed by atoms with van der Waals surface area (Å²) in [4.78, 5) is 8.53. The molecular formula is C11H13N3OS. The van der Waals surface area contributed by atoms with Crippen LogP contribution in [0.5, 0.6) is 0 Å². The number of aromatic nitrogens is 2. The van der Waals surface area contributed by atoms with E-state index in [0.29, 0.717) is 0 Å². The summed E-state index contributed by atoms with van der Waals surface area (Å²) in [6, 6.07) is 3.83. The monoisotopic (exact) mass is 235 g/mol. The van der Waals surface area contributed by atoms with Gasteiger partial charge in [-0.15, -0.1) is 0 Å². The van der Waals surface area contributed by atoms with Gasteiger partial charge in [0.25, 0.3) is 0 Å². The van der Waals surface area contributed by atoms with Gasteiger partial charge in [-0.1, -0.05) is 11.8 Å².